The number of hydrogen-bond acceptors (Lipinski definition) is 4. The fourth-order valence-electron chi connectivity index (χ4n) is 6.72. The second-order valence-corrected chi connectivity index (χ2v) is 12.0. The number of fused-ring (bicyclic) bond motifs is 5. The van der Waals surface area contributed by atoms with Gasteiger partial charge in [0.15, 0.2) is 5.76 Å². The minimum Gasteiger partial charge on any atom is -0.451 e. The molecule has 5 rings (SSSR count). The highest BCUT2D eigenvalue weighted by molar-refractivity contribution is 5.96. The third-order valence-corrected chi connectivity index (χ3v) is 8.76. The zero-order valence-electron chi connectivity index (χ0n) is 22.4. The van der Waals surface area contributed by atoms with Gasteiger partial charge >= 0.3 is 0 Å². The van der Waals surface area contributed by atoms with Gasteiger partial charge in [-0.25, -0.2) is 0 Å². The summed E-state index contributed by atoms with van der Waals surface area (Å²) in [5.74, 6) is 1.81. The number of furan rings is 1. The largest absolute Gasteiger partial charge is 0.451 e. The first kappa shape index (κ1) is 25.8. The topological polar surface area (TPSA) is 82.9 Å². The second-order valence-electron chi connectivity index (χ2n) is 12.0. The quantitative estimate of drug-likeness (QED) is 0.630. The zero-order valence-corrected chi connectivity index (χ0v) is 22.4. The number of nitrogens with zero attached hydrogens (tertiary/aromatic N) is 2. The lowest BCUT2D eigenvalue weighted by Gasteiger charge is -2.51. The van der Waals surface area contributed by atoms with Crippen molar-refractivity contribution in [1.82, 2.24) is 15.1 Å². The molecule has 37 heavy (non-hydrogen) atoms. The molecule has 2 aromatic rings. The van der Waals surface area contributed by atoms with Crippen molar-refractivity contribution in [2.24, 2.45) is 23.7 Å². The van der Waals surface area contributed by atoms with E-state index in [4.69, 9.17) is 4.42 Å². The van der Waals surface area contributed by atoms with Gasteiger partial charge in [0.1, 0.15) is 5.58 Å². The highest BCUT2D eigenvalue weighted by Crippen LogP contribution is 2.37. The van der Waals surface area contributed by atoms with Crippen LogP contribution in [0.1, 0.15) is 76.3 Å². The third kappa shape index (κ3) is 5.70. The molecular formula is C30H41N3O4. The number of nitrogens with one attached hydrogen (secondary N) is 1. The van der Waals surface area contributed by atoms with E-state index in [1.165, 1.54) is 0 Å². The number of benzene rings is 1. The summed E-state index contributed by atoms with van der Waals surface area (Å²) in [6.07, 6.45) is 5.44. The molecule has 0 radical (unpaired) electrons. The predicted molar refractivity (Wildman–Crippen MR) is 143 cm³/mol. The van der Waals surface area contributed by atoms with E-state index in [0.29, 0.717) is 44.2 Å². The van der Waals surface area contributed by atoms with Gasteiger partial charge in [-0.2, -0.15) is 0 Å². The van der Waals surface area contributed by atoms with Crippen LogP contribution in [-0.4, -0.2) is 59.2 Å². The molecule has 7 heteroatoms. The van der Waals surface area contributed by atoms with Crippen molar-refractivity contribution in [3.63, 3.8) is 0 Å². The van der Waals surface area contributed by atoms with Crippen molar-refractivity contribution in [3.8, 4) is 0 Å². The lowest BCUT2D eigenvalue weighted by Crippen LogP contribution is -2.60. The van der Waals surface area contributed by atoms with Crippen LogP contribution in [0.2, 0.25) is 0 Å². The Labute approximate surface area is 219 Å². The molecule has 0 unspecified atom stereocenters. The lowest BCUT2D eigenvalue weighted by atomic mass is 9.77. The van der Waals surface area contributed by atoms with Crippen LogP contribution in [-0.2, 0) is 9.59 Å². The number of likely N-dealkylation sites (tertiary alicyclic amines) is 1. The van der Waals surface area contributed by atoms with Crippen LogP contribution in [0.25, 0.3) is 11.0 Å². The number of amides is 3. The van der Waals surface area contributed by atoms with E-state index in [1.807, 2.05) is 35.2 Å². The minimum atomic E-state index is -0.0666. The van der Waals surface area contributed by atoms with E-state index in [9.17, 15) is 14.4 Å². The molecule has 1 aromatic heterocycles. The van der Waals surface area contributed by atoms with E-state index in [-0.39, 0.29) is 47.6 Å². The molecule has 3 saturated heterocycles. The zero-order chi connectivity index (χ0) is 26.1. The van der Waals surface area contributed by atoms with Gasteiger partial charge in [0.2, 0.25) is 11.8 Å². The minimum absolute atomic E-state index is 0.0664. The first-order valence-electron chi connectivity index (χ1n) is 14.1. The Bertz CT molecular complexity index is 1110. The van der Waals surface area contributed by atoms with E-state index in [2.05, 4.69) is 31.0 Å². The first-order valence-corrected chi connectivity index (χ1v) is 14.1. The Balaban J connectivity index is 1.33. The molecular weight excluding hydrogens is 466 g/mol. The summed E-state index contributed by atoms with van der Waals surface area (Å²) in [4.78, 5) is 43.8. The maximum absolute atomic E-state index is 13.6. The Morgan fingerprint density at radius 2 is 1.89 bits per heavy atom. The van der Waals surface area contributed by atoms with Crippen molar-refractivity contribution < 1.29 is 18.8 Å². The maximum atomic E-state index is 13.6. The van der Waals surface area contributed by atoms with Crippen molar-refractivity contribution in [2.45, 2.75) is 77.8 Å². The van der Waals surface area contributed by atoms with Crippen LogP contribution in [0.4, 0.5) is 0 Å². The molecule has 4 heterocycles. The molecule has 200 valence electrons. The van der Waals surface area contributed by atoms with Gasteiger partial charge in [-0.3, -0.25) is 14.4 Å². The van der Waals surface area contributed by atoms with Gasteiger partial charge in [0.25, 0.3) is 5.91 Å². The molecule has 3 amide bonds. The Kier molecular flexibility index (Phi) is 7.59. The van der Waals surface area contributed by atoms with Crippen LogP contribution in [0, 0.1) is 23.7 Å². The van der Waals surface area contributed by atoms with Crippen molar-refractivity contribution >= 4 is 28.7 Å². The fourth-order valence-corrected chi connectivity index (χ4v) is 6.72. The van der Waals surface area contributed by atoms with Crippen molar-refractivity contribution in [3.05, 3.63) is 36.1 Å². The highest BCUT2D eigenvalue weighted by Gasteiger charge is 2.44. The summed E-state index contributed by atoms with van der Waals surface area (Å²) in [7, 11) is 0. The van der Waals surface area contributed by atoms with Gasteiger partial charge in [-0.15, -0.1) is 0 Å². The molecule has 0 spiro atoms. The van der Waals surface area contributed by atoms with E-state index in [1.54, 1.807) is 0 Å². The van der Waals surface area contributed by atoms with Gasteiger partial charge in [0.05, 0.1) is 0 Å². The average Bonchev–Trinajstić information content (AvgIpc) is 3.30. The number of carbonyl (C=O) groups excluding carboxylic acids is 3. The summed E-state index contributed by atoms with van der Waals surface area (Å²) < 4.78 is 5.88. The molecule has 2 bridgehead atoms. The Hall–Kier alpha value is -2.83. The van der Waals surface area contributed by atoms with Crippen molar-refractivity contribution in [1.29, 1.82) is 0 Å². The molecule has 3 aliphatic heterocycles. The molecule has 3 fully saturated rings. The van der Waals surface area contributed by atoms with E-state index >= 15 is 0 Å². The standard InChI is InChI=1S/C30H41N3O4/c1-19(2)24-12-11-20(3)13-29(35)33-17-21-14-23(25(33)8-6-10-28(34)31-24)18-32(16-21)30(36)27-15-22-7-4-5-9-26(22)37-27/h4-5,7,9,15,19-21,23-25H,6,8,10-14,16-18H2,1-3H3,(H,31,34)/t20-,21+,23-,24+,25+/m1/s1. The summed E-state index contributed by atoms with van der Waals surface area (Å²) >= 11 is 0. The van der Waals surface area contributed by atoms with Crippen LogP contribution in [0.5, 0.6) is 0 Å². The van der Waals surface area contributed by atoms with Crippen LogP contribution < -0.4 is 5.32 Å². The normalized spacial score (nSPS) is 29.8. The SMILES string of the molecule is CC(C)[C@@H]1CC[C@@H](C)CC(=O)N2C[C@H]3C[C@H](CN(C(=O)c4cc5ccccc5o4)C3)[C@@H]2CCCC(=O)N1. The van der Waals surface area contributed by atoms with Gasteiger partial charge in [0, 0.05) is 49.9 Å². The van der Waals surface area contributed by atoms with Crippen LogP contribution >= 0.6 is 0 Å². The Morgan fingerprint density at radius 3 is 2.68 bits per heavy atom. The summed E-state index contributed by atoms with van der Waals surface area (Å²) in [6, 6.07) is 9.75. The van der Waals surface area contributed by atoms with Gasteiger partial charge in [-0.05, 0) is 67.9 Å². The number of piperidine rings is 2. The van der Waals surface area contributed by atoms with Gasteiger partial charge in [-0.1, -0.05) is 39.0 Å². The van der Waals surface area contributed by atoms with Crippen LogP contribution in [0.15, 0.2) is 34.7 Å². The molecule has 7 nitrogen and oxygen atoms in total. The number of carbonyl (C=O) groups is 3. The monoisotopic (exact) mass is 507 g/mol. The van der Waals surface area contributed by atoms with Crippen molar-refractivity contribution in [2.75, 3.05) is 19.6 Å². The number of rotatable bonds is 2. The third-order valence-electron chi connectivity index (χ3n) is 8.76. The Morgan fingerprint density at radius 1 is 1.08 bits per heavy atom. The summed E-state index contributed by atoms with van der Waals surface area (Å²) in [5, 5.41) is 4.18. The number of para-hydroxylation sites is 1. The summed E-state index contributed by atoms with van der Waals surface area (Å²) in [6.45, 7) is 8.42. The first-order chi connectivity index (χ1) is 17.8. The fraction of sp³-hybridized carbons (Fsp3) is 0.633. The van der Waals surface area contributed by atoms with Gasteiger partial charge < -0.3 is 19.5 Å². The average molecular weight is 508 g/mol. The summed E-state index contributed by atoms with van der Waals surface area (Å²) in [5.41, 5.74) is 0.724. The molecule has 1 aromatic carbocycles. The molecule has 0 aliphatic carbocycles. The maximum Gasteiger partial charge on any atom is 0.289 e. The number of hydrogen-bond donors (Lipinski definition) is 1. The highest BCUT2D eigenvalue weighted by atomic mass is 16.3. The van der Waals surface area contributed by atoms with Crippen LogP contribution in [0.3, 0.4) is 0 Å². The van der Waals surface area contributed by atoms with E-state index in [0.717, 1.165) is 43.1 Å². The second kappa shape index (κ2) is 10.9. The smallest absolute Gasteiger partial charge is 0.289 e. The molecule has 5 atom stereocenters. The molecule has 3 aliphatic rings. The lowest BCUT2D eigenvalue weighted by molar-refractivity contribution is -0.141. The predicted octanol–water partition coefficient (Wildman–Crippen LogP) is 4.85. The molecule has 1 N–H and O–H groups in total. The van der Waals surface area contributed by atoms with E-state index < -0.39 is 0 Å². The molecule has 0 saturated carbocycles.